The highest BCUT2D eigenvalue weighted by Crippen LogP contribution is 2.40. The fourth-order valence-electron chi connectivity index (χ4n) is 3.31. The average molecular weight is 399 g/mol. The maximum atomic E-state index is 5.82. The lowest BCUT2D eigenvalue weighted by molar-refractivity contribution is -0.112. The second kappa shape index (κ2) is 11.4. The highest BCUT2D eigenvalue weighted by atomic mass is 16.7. The molecule has 2 heteroatoms. The highest BCUT2D eigenvalue weighted by Gasteiger charge is 2.29. The van der Waals surface area contributed by atoms with Crippen molar-refractivity contribution in [1.29, 1.82) is 0 Å². The molecule has 0 saturated heterocycles. The van der Waals surface area contributed by atoms with Gasteiger partial charge in [0.2, 0.25) is 0 Å². The molecule has 0 amide bonds. The van der Waals surface area contributed by atoms with Gasteiger partial charge in [0.15, 0.2) is 6.29 Å². The summed E-state index contributed by atoms with van der Waals surface area (Å²) in [7, 11) is 0. The molecule has 0 aliphatic heterocycles. The molecule has 1 aromatic rings. The van der Waals surface area contributed by atoms with E-state index in [2.05, 4.69) is 60.8 Å². The van der Waals surface area contributed by atoms with Crippen LogP contribution in [0, 0.1) is 16.7 Å². The van der Waals surface area contributed by atoms with Gasteiger partial charge < -0.3 is 9.47 Å². The smallest absolute Gasteiger partial charge is 0.196 e. The molecule has 0 saturated carbocycles. The molecule has 1 rings (SSSR count). The summed E-state index contributed by atoms with van der Waals surface area (Å²) in [4.78, 5) is 0. The summed E-state index contributed by atoms with van der Waals surface area (Å²) in [5, 5.41) is 0. The van der Waals surface area contributed by atoms with Crippen molar-refractivity contribution in [3.05, 3.63) is 72.5 Å². The van der Waals surface area contributed by atoms with Crippen molar-refractivity contribution >= 4 is 0 Å². The second-order valence-corrected chi connectivity index (χ2v) is 10.2. The van der Waals surface area contributed by atoms with Crippen molar-refractivity contribution in [3.8, 4) is 0 Å². The van der Waals surface area contributed by atoms with Crippen molar-refractivity contribution in [2.75, 3.05) is 0 Å². The van der Waals surface area contributed by atoms with E-state index in [9.17, 15) is 0 Å². The molecule has 0 aromatic heterocycles. The Balaban J connectivity index is 2.58. The lowest BCUT2D eigenvalue weighted by atomic mass is 9.69. The van der Waals surface area contributed by atoms with Crippen LogP contribution in [0.5, 0.6) is 0 Å². The Bertz CT molecular complexity index is 656. The van der Waals surface area contributed by atoms with Crippen LogP contribution in [0.1, 0.15) is 73.3 Å². The first-order chi connectivity index (χ1) is 13.4. The number of ether oxygens (including phenoxy) is 2. The second-order valence-electron chi connectivity index (χ2n) is 10.2. The molecular weight excluding hydrogens is 356 g/mol. The summed E-state index contributed by atoms with van der Waals surface area (Å²) >= 11 is 0. The topological polar surface area (TPSA) is 18.5 Å². The zero-order valence-corrected chi connectivity index (χ0v) is 19.8. The van der Waals surface area contributed by atoms with Gasteiger partial charge in [-0.3, -0.25) is 0 Å². The van der Waals surface area contributed by atoms with Crippen LogP contribution in [0.3, 0.4) is 0 Å². The lowest BCUT2D eigenvalue weighted by Crippen LogP contribution is -2.26. The van der Waals surface area contributed by atoms with Gasteiger partial charge in [-0.25, -0.2) is 0 Å². The minimum atomic E-state index is -0.327. The van der Waals surface area contributed by atoms with Crippen molar-refractivity contribution in [3.63, 3.8) is 0 Å². The summed E-state index contributed by atoms with van der Waals surface area (Å²) in [5.74, 6) is 1.31. The molecule has 2 nitrogen and oxygen atoms in total. The third-order valence-electron chi connectivity index (χ3n) is 5.08. The fraction of sp³-hybridized carbons (Fsp3) is 0.556. The first-order valence-electron chi connectivity index (χ1n) is 10.7. The third kappa shape index (κ3) is 11.1. The van der Waals surface area contributed by atoms with Gasteiger partial charge in [0.1, 0.15) is 0 Å². The number of allylic oxidation sites excluding steroid dienone is 3. The van der Waals surface area contributed by atoms with Crippen LogP contribution in [-0.2, 0) is 16.1 Å². The van der Waals surface area contributed by atoms with Crippen molar-refractivity contribution in [2.45, 2.75) is 80.6 Å². The monoisotopic (exact) mass is 398 g/mol. The number of hydrogen-bond donors (Lipinski definition) is 0. The van der Waals surface area contributed by atoms with E-state index in [4.69, 9.17) is 9.47 Å². The molecular formula is C27H42O2. The zero-order valence-electron chi connectivity index (χ0n) is 19.8. The van der Waals surface area contributed by atoms with E-state index in [1.54, 1.807) is 0 Å². The summed E-state index contributed by atoms with van der Waals surface area (Å²) in [5.41, 5.74) is 2.96. The van der Waals surface area contributed by atoms with Crippen LogP contribution >= 0.6 is 0 Å². The average Bonchev–Trinajstić information content (AvgIpc) is 2.61. The van der Waals surface area contributed by atoms with Crippen LogP contribution in [-0.4, -0.2) is 6.29 Å². The Kier molecular flexibility index (Phi) is 9.92. The normalized spacial score (nSPS) is 14.9. The molecule has 0 radical (unpaired) electrons. The number of rotatable bonds is 11. The molecule has 0 spiro atoms. The van der Waals surface area contributed by atoms with Crippen LogP contribution in [0.4, 0.5) is 0 Å². The highest BCUT2D eigenvalue weighted by molar-refractivity contribution is 5.19. The maximum Gasteiger partial charge on any atom is 0.196 e. The summed E-state index contributed by atoms with van der Waals surface area (Å²) in [6.07, 6.45) is 6.73. The largest absolute Gasteiger partial charge is 0.470 e. The first-order valence-corrected chi connectivity index (χ1v) is 10.7. The summed E-state index contributed by atoms with van der Waals surface area (Å²) in [6.45, 7) is 24.5. The molecule has 0 fully saturated rings. The molecule has 162 valence electrons. The van der Waals surface area contributed by atoms with Gasteiger partial charge in [-0.15, -0.1) is 0 Å². The Hall–Kier alpha value is -1.80. The van der Waals surface area contributed by atoms with Gasteiger partial charge >= 0.3 is 0 Å². The van der Waals surface area contributed by atoms with Gasteiger partial charge in [-0.1, -0.05) is 103 Å². The summed E-state index contributed by atoms with van der Waals surface area (Å²) < 4.78 is 11.6. The standard InChI is InChI=1S/C27H42O2/c1-10-23(18-25(27(7,8)9)19-26(4,5)6)17-16-21(2)29-22(3)28-20-24-14-12-11-13-15-24/h10-15,17,22,25H,1-2,16,18-20H2,3-9H3/b23-17+. The Labute approximate surface area is 179 Å². The van der Waals surface area contributed by atoms with Crippen LogP contribution < -0.4 is 0 Å². The maximum absolute atomic E-state index is 5.82. The van der Waals surface area contributed by atoms with Crippen LogP contribution in [0.2, 0.25) is 0 Å². The molecule has 0 aliphatic rings. The fourth-order valence-corrected chi connectivity index (χ4v) is 3.31. The molecule has 0 heterocycles. The van der Waals surface area contributed by atoms with E-state index in [1.807, 2.05) is 43.3 Å². The van der Waals surface area contributed by atoms with Crippen molar-refractivity contribution < 1.29 is 9.47 Å². The van der Waals surface area contributed by atoms with Gasteiger partial charge in [-0.05, 0) is 42.1 Å². The molecule has 0 bridgehead atoms. The predicted octanol–water partition coefficient (Wildman–Crippen LogP) is 8.07. The predicted molar refractivity (Wildman–Crippen MR) is 125 cm³/mol. The van der Waals surface area contributed by atoms with Gasteiger partial charge in [0, 0.05) is 6.42 Å². The van der Waals surface area contributed by atoms with E-state index in [1.165, 1.54) is 12.0 Å². The Morgan fingerprint density at radius 2 is 1.69 bits per heavy atom. The van der Waals surface area contributed by atoms with Gasteiger partial charge in [0.05, 0.1) is 12.4 Å². The molecule has 2 atom stereocenters. The molecule has 2 unspecified atom stereocenters. The van der Waals surface area contributed by atoms with Crippen LogP contribution in [0.15, 0.2) is 67.0 Å². The van der Waals surface area contributed by atoms with E-state index in [-0.39, 0.29) is 11.7 Å². The number of hydrogen-bond acceptors (Lipinski definition) is 2. The summed E-state index contributed by atoms with van der Waals surface area (Å²) in [6, 6.07) is 10.1. The Morgan fingerprint density at radius 1 is 1.07 bits per heavy atom. The Morgan fingerprint density at radius 3 is 2.21 bits per heavy atom. The SMILES string of the molecule is C=C/C(=C\CC(=C)OC(C)OCc1ccccc1)CC(CC(C)(C)C)C(C)(C)C. The van der Waals surface area contributed by atoms with Crippen molar-refractivity contribution in [2.24, 2.45) is 16.7 Å². The quantitative estimate of drug-likeness (QED) is 0.213. The van der Waals surface area contributed by atoms with Gasteiger partial charge in [0.25, 0.3) is 0 Å². The third-order valence-corrected chi connectivity index (χ3v) is 5.08. The minimum absolute atomic E-state index is 0.253. The molecule has 0 aliphatic carbocycles. The first kappa shape index (κ1) is 25.2. The zero-order chi connectivity index (χ0) is 22.1. The van der Waals surface area contributed by atoms with E-state index in [0.717, 1.165) is 12.0 Å². The van der Waals surface area contributed by atoms with Gasteiger partial charge in [-0.2, -0.15) is 0 Å². The lowest BCUT2D eigenvalue weighted by Gasteiger charge is -2.36. The minimum Gasteiger partial charge on any atom is -0.470 e. The van der Waals surface area contributed by atoms with E-state index < -0.39 is 0 Å². The number of benzene rings is 1. The molecule has 29 heavy (non-hydrogen) atoms. The van der Waals surface area contributed by atoms with Crippen molar-refractivity contribution in [1.82, 2.24) is 0 Å². The van der Waals surface area contributed by atoms with Crippen LogP contribution in [0.25, 0.3) is 0 Å². The molecule has 1 aromatic carbocycles. The van der Waals surface area contributed by atoms with E-state index in [0.29, 0.717) is 30.1 Å². The van der Waals surface area contributed by atoms with E-state index >= 15 is 0 Å². The molecule has 0 N–H and O–H groups in total.